The third kappa shape index (κ3) is 3.57. The van der Waals surface area contributed by atoms with Crippen LogP contribution in [0.3, 0.4) is 0 Å². The summed E-state index contributed by atoms with van der Waals surface area (Å²) >= 11 is 7.29. The number of carbonyl (C=O) groups excluding carboxylic acids is 1. The van der Waals surface area contributed by atoms with Gasteiger partial charge in [0.2, 0.25) is 0 Å². The number of alkyl halides is 3. The highest BCUT2D eigenvalue weighted by atomic mass is 35.5. The van der Waals surface area contributed by atoms with Crippen LogP contribution in [0.5, 0.6) is 0 Å². The van der Waals surface area contributed by atoms with E-state index in [4.69, 9.17) is 16.0 Å². The number of thiophene rings is 1. The zero-order valence-electron chi connectivity index (χ0n) is 12.1. The molecule has 0 saturated heterocycles. The number of halogens is 4. The Labute approximate surface area is 144 Å². The Kier molecular flexibility index (Phi) is 4.56. The topological polar surface area (TPSA) is 33.5 Å². The number of rotatable bonds is 4. The second-order valence-corrected chi connectivity index (χ2v) is 6.53. The van der Waals surface area contributed by atoms with Gasteiger partial charge in [0.05, 0.1) is 17.8 Å². The smallest absolute Gasteiger partial charge is 0.406 e. The third-order valence-electron chi connectivity index (χ3n) is 3.31. The van der Waals surface area contributed by atoms with Gasteiger partial charge in [-0.15, -0.1) is 11.3 Å². The summed E-state index contributed by atoms with van der Waals surface area (Å²) in [6, 6.07) is 10.1. The lowest BCUT2D eigenvalue weighted by Gasteiger charge is -2.22. The van der Waals surface area contributed by atoms with Crippen LogP contribution in [0, 0.1) is 0 Å². The van der Waals surface area contributed by atoms with Crippen molar-refractivity contribution in [2.24, 2.45) is 0 Å². The summed E-state index contributed by atoms with van der Waals surface area (Å²) < 4.78 is 44.4. The molecule has 2 aromatic heterocycles. The monoisotopic (exact) mass is 373 g/mol. The molecular formula is C16H11ClF3NO2S. The van der Waals surface area contributed by atoms with Gasteiger partial charge in [-0.1, -0.05) is 29.8 Å². The molecule has 24 heavy (non-hydrogen) atoms. The molecular weight excluding hydrogens is 363 g/mol. The van der Waals surface area contributed by atoms with Crippen LogP contribution in [0.25, 0.3) is 10.1 Å². The van der Waals surface area contributed by atoms with Crippen LogP contribution < -0.4 is 0 Å². The molecule has 8 heteroatoms. The number of carbonyl (C=O) groups is 1. The van der Waals surface area contributed by atoms with Gasteiger partial charge in [0.15, 0.2) is 0 Å². The molecule has 2 heterocycles. The number of nitrogens with zero attached hydrogens (tertiary/aromatic N) is 1. The maximum Gasteiger partial charge on any atom is 0.406 e. The molecule has 1 amide bonds. The fourth-order valence-electron chi connectivity index (χ4n) is 2.30. The Bertz CT molecular complexity index is 858. The van der Waals surface area contributed by atoms with Crippen molar-refractivity contribution >= 4 is 38.9 Å². The van der Waals surface area contributed by atoms with Crippen molar-refractivity contribution in [3.05, 3.63) is 58.3 Å². The Morgan fingerprint density at radius 3 is 2.58 bits per heavy atom. The molecule has 0 bridgehead atoms. The number of hydrogen-bond donors (Lipinski definition) is 0. The second-order valence-electron chi connectivity index (χ2n) is 5.10. The third-order valence-corrected chi connectivity index (χ3v) is 4.98. The first-order chi connectivity index (χ1) is 11.3. The Balaban J connectivity index is 1.95. The quantitative estimate of drug-likeness (QED) is 0.617. The molecule has 0 atom stereocenters. The Morgan fingerprint density at radius 2 is 1.96 bits per heavy atom. The highest BCUT2D eigenvalue weighted by Crippen LogP contribution is 2.36. The summed E-state index contributed by atoms with van der Waals surface area (Å²) in [7, 11) is 0. The lowest BCUT2D eigenvalue weighted by Crippen LogP contribution is -2.38. The largest absolute Gasteiger partial charge is 0.467 e. The van der Waals surface area contributed by atoms with Gasteiger partial charge in [0.1, 0.15) is 17.2 Å². The second kappa shape index (κ2) is 6.49. The maximum atomic E-state index is 12.9. The van der Waals surface area contributed by atoms with Gasteiger partial charge in [-0.3, -0.25) is 4.79 Å². The number of benzene rings is 1. The molecule has 3 nitrogen and oxygen atoms in total. The average Bonchev–Trinajstić information content (AvgIpc) is 3.13. The fraction of sp³-hybridized carbons (Fsp3) is 0.188. The molecule has 1 aromatic carbocycles. The molecule has 0 N–H and O–H groups in total. The highest BCUT2D eigenvalue weighted by Gasteiger charge is 2.35. The summed E-state index contributed by atoms with van der Waals surface area (Å²) in [5.41, 5.74) is 0. The van der Waals surface area contributed by atoms with Crippen molar-refractivity contribution in [3.63, 3.8) is 0 Å². The zero-order chi connectivity index (χ0) is 17.3. The summed E-state index contributed by atoms with van der Waals surface area (Å²) in [5, 5.41) is 0.824. The van der Waals surface area contributed by atoms with Gasteiger partial charge in [0, 0.05) is 10.1 Å². The van der Waals surface area contributed by atoms with E-state index in [0.29, 0.717) is 10.3 Å². The van der Waals surface area contributed by atoms with Crippen molar-refractivity contribution in [3.8, 4) is 0 Å². The Hall–Kier alpha value is -1.99. The normalized spacial score (nSPS) is 11.8. The maximum absolute atomic E-state index is 12.9. The minimum Gasteiger partial charge on any atom is -0.467 e. The van der Waals surface area contributed by atoms with Crippen molar-refractivity contribution in [2.45, 2.75) is 12.7 Å². The van der Waals surface area contributed by atoms with Gasteiger partial charge >= 0.3 is 6.18 Å². The van der Waals surface area contributed by atoms with Gasteiger partial charge < -0.3 is 9.32 Å². The molecule has 0 aliphatic rings. The number of amides is 1. The minimum atomic E-state index is -4.52. The van der Waals surface area contributed by atoms with Crippen molar-refractivity contribution in [1.82, 2.24) is 4.90 Å². The lowest BCUT2D eigenvalue weighted by molar-refractivity contribution is -0.142. The summed E-state index contributed by atoms with van der Waals surface area (Å²) in [4.78, 5) is 13.4. The van der Waals surface area contributed by atoms with E-state index in [1.807, 2.05) is 0 Å². The molecule has 0 aliphatic heterocycles. The zero-order valence-corrected chi connectivity index (χ0v) is 13.7. The van der Waals surface area contributed by atoms with E-state index < -0.39 is 18.6 Å². The molecule has 0 fully saturated rings. The lowest BCUT2D eigenvalue weighted by atomic mass is 10.2. The van der Waals surface area contributed by atoms with Gasteiger partial charge in [-0.25, -0.2) is 0 Å². The first-order valence-corrected chi connectivity index (χ1v) is 8.10. The molecule has 0 spiro atoms. The van der Waals surface area contributed by atoms with Crippen LogP contribution in [0.1, 0.15) is 15.4 Å². The van der Waals surface area contributed by atoms with Gasteiger partial charge in [-0.2, -0.15) is 13.2 Å². The summed E-state index contributed by atoms with van der Waals surface area (Å²) in [6.45, 7) is -1.66. The molecule has 3 rings (SSSR count). The van der Waals surface area contributed by atoms with E-state index >= 15 is 0 Å². The predicted octanol–water partition coefficient (Wildman–Crippen LogP) is 5.35. The van der Waals surface area contributed by atoms with E-state index in [9.17, 15) is 18.0 Å². The minimum absolute atomic E-state index is 0.0914. The Morgan fingerprint density at radius 1 is 1.21 bits per heavy atom. The summed E-state index contributed by atoms with van der Waals surface area (Å²) in [5.74, 6) is -0.500. The molecule has 3 aromatic rings. The summed E-state index contributed by atoms with van der Waals surface area (Å²) in [6.07, 6.45) is -3.18. The molecule has 0 saturated carbocycles. The molecule has 0 aliphatic carbocycles. The van der Waals surface area contributed by atoms with Gasteiger partial charge in [-0.05, 0) is 18.2 Å². The van der Waals surface area contributed by atoms with E-state index in [1.54, 1.807) is 30.3 Å². The van der Waals surface area contributed by atoms with Crippen LogP contribution in [-0.2, 0) is 6.54 Å². The van der Waals surface area contributed by atoms with Crippen LogP contribution in [0.15, 0.2) is 47.1 Å². The van der Waals surface area contributed by atoms with Crippen LogP contribution >= 0.6 is 22.9 Å². The number of hydrogen-bond acceptors (Lipinski definition) is 3. The van der Waals surface area contributed by atoms with Crippen molar-refractivity contribution < 1.29 is 22.4 Å². The molecule has 126 valence electrons. The van der Waals surface area contributed by atoms with Crippen LogP contribution in [-0.4, -0.2) is 23.5 Å². The van der Waals surface area contributed by atoms with Crippen LogP contribution in [0.2, 0.25) is 5.02 Å². The van der Waals surface area contributed by atoms with Crippen molar-refractivity contribution in [2.75, 3.05) is 6.54 Å². The first kappa shape index (κ1) is 16.9. The number of fused-ring (bicyclic) bond motifs is 1. The van der Waals surface area contributed by atoms with Crippen LogP contribution in [0.4, 0.5) is 13.2 Å². The molecule has 0 radical (unpaired) electrons. The van der Waals surface area contributed by atoms with Gasteiger partial charge in [0.25, 0.3) is 5.91 Å². The standard InChI is InChI=1S/C16H11ClF3NO2S/c17-13-11-5-1-2-6-12(11)24-14(13)15(22)21(9-16(18,19)20)8-10-4-3-7-23-10/h1-7H,8-9H2. The van der Waals surface area contributed by atoms with E-state index in [1.165, 1.54) is 12.3 Å². The molecule has 0 unspecified atom stereocenters. The SMILES string of the molecule is O=C(c1sc2ccccc2c1Cl)N(Cc1ccco1)CC(F)(F)F. The number of furan rings is 1. The fourth-order valence-corrected chi connectivity index (χ4v) is 3.78. The first-order valence-electron chi connectivity index (χ1n) is 6.90. The predicted molar refractivity (Wildman–Crippen MR) is 86.3 cm³/mol. The van der Waals surface area contributed by atoms with E-state index in [-0.39, 0.29) is 22.2 Å². The van der Waals surface area contributed by atoms with Crippen molar-refractivity contribution in [1.29, 1.82) is 0 Å². The van der Waals surface area contributed by atoms with E-state index in [2.05, 4.69) is 0 Å². The highest BCUT2D eigenvalue weighted by molar-refractivity contribution is 7.21. The average molecular weight is 374 g/mol. The van der Waals surface area contributed by atoms with E-state index in [0.717, 1.165) is 16.0 Å².